The van der Waals surface area contributed by atoms with Crippen LogP contribution >= 0.6 is 11.8 Å². The van der Waals surface area contributed by atoms with Gasteiger partial charge in [-0.1, -0.05) is 12.8 Å². The molecule has 2 amide bonds. The molecule has 1 aliphatic carbocycles. The highest BCUT2D eigenvalue weighted by Crippen LogP contribution is 2.39. The Morgan fingerprint density at radius 3 is 2.60 bits per heavy atom. The predicted molar refractivity (Wildman–Crippen MR) is 76.9 cm³/mol. The summed E-state index contributed by atoms with van der Waals surface area (Å²) < 4.78 is 0.0900. The molecule has 3 N–H and O–H groups in total. The van der Waals surface area contributed by atoms with E-state index in [1.165, 1.54) is 17.7 Å². The van der Waals surface area contributed by atoms with Crippen molar-refractivity contribution in [1.29, 1.82) is 0 Å². The average molecular weight is 302 g/mol. The Labute approximate surface area is 122 Å². The summed E-state index contributed by atoms with van der Waals surface area (Å²) in [6, 6.07) is -1.30. The standard InChI is InChI=1S/C13H22N2O4S/c1-20-13(4-2-3-5-13)8-14-12(19)15-7-9(16)6-10(15)11(17)18/h9-10,16H,2-8H2,1H3,(H,14,19)(H,17,18)/t9?,10-/m0/s1. The van der Waals surface area contributed by atoms with E-state index in [0.717, 1.165) is 12.8 Å². The molecule has 7 heteroatoms. The number of likely N-dealkylation sites (tertiary alicyclic amines) is 1. The van der Waals surface area contributed by atoms with E-state index in [1.807, 2.05) is 0 Å². The second-order valence-corrected chi connectivity index (χ2v) is 6.92. The van der Waals surface area contributed by atoms with E-state index >= 15 is 0 Å². The summed E-state index contributed by atoms with van der Waals surface area (Å²) in [4.78, 5) is 24.5. The maximum absolute atomic E-state index is 12.2. The fourth-order valence-electron chi connectivity index (χ4n) is 3.08. The molecule has 0 bridgehead atoms. The third-order valence-corrected chi connectivity index (χ3v) is 5.75. The number of nitrogens with zero attached hydrogens (tertiary/aromatic N) is 1. The van der Waals surface area contributed by atoms with E-state index in [9.17, 15) is 14.7 Å². The van der Waals surface area contributed by atoms with Crippen LogP contribution in [0.3, 0.4) is 0 Å². The molecule has 114 valence electrons. The first-order chi connectivity index (χ1) is 9.47. The Morgan fingerprint density at radius 2 is 2.05 bits per heavy atom. The minimum absolute atomic E-state index is 0.0900. The first kappa shape index (κ1) is 15.4. The molecule has 1 unspecified atom stereocenters. The third-order valence-electron chi connectivity index (χ3n) is 4.33. The number of hydrogen-bond donors (Lipinski definition) is 3. The number of nitrogens with one attached hydrogen (secondary N) is 1. The molecule has 2 aliphatic rings. The number of aliphatic hydroxyl groups is 1. The fraction of sp³-hybridized carbons (Fsp3) is 0.846. The van der Waals surface area contributed by atoms with Crippen LogP contribution in [-0.4, -0.2) is 63.4 Å². The Balaban J connectivity index is 1.92. The van der Waals surface area contributed by atoms with Crippen LogP contribution < -0.4 is 5.32 Å². The number of β-amino-alcohol motifs (C(OH)–C–C–N with tert-alkyl or cyclic N) is 1. The molecule has 1 heterocycles. The summed E-state index contributed by atoms with van der Waals surface area (Å²) in [6.45, 7) is 0.654. The topological polar surface area (TPSA) is 89.9 Å². The van der Waals surface area contributed by atoms with E-state index in [-0.39, 0.29) is 23.7 Å². The lowest BCUT2D eigenvalue weighted by Crippen LogP contribution is -2.49. The van der Waals surface area contributed by atoms with Gasteiger partial charge in [-0.15, -0.1) is 0 Å². The first-order valence-corrected chi connectivity index (χ1v) is 8.20. The first-order valence-electron chi connectivity index (χ1n) is 6.98. The van der Waals surface area contributed by atoms with Crippen molar-refractivity contribution in [2.75, 3.05) is 19.3 Å². The smallest absolute Gasteiger partial charge is 0.326 e. The summed E-state index contributed by atoms with van der Waals surface area (Å²) in [5.74, 6) is -1.06. The molecule has 0 aromatic heterocycles. The molecule has 1 saturated heterocycles. The Kier molecular flexibility index (Phi) is 4.80. The molecule has 2 atom stereocenters. The lowest BCUT2D eigenvalue weighted by atomic mass is 10.1. The molecule has 6 nitrogen and oxygen atoms in total. The van der Waals surface area contributed by atoms with Crippen LogP contribution in [0.4, 0.5) is 4.79 Å². The Bertz CT molecular complexity index is 385. The van der Waals surface area contributed by atoms with Crippen LogP contribution in [0.1, 0.15) is 32.1 Å². The van der Waals surface area contributed by atoms with E-state index in [0.29, 0.717) is 6.54 Å². The van der Waals surface area contributed by atoms with E-state index in [4.69, 9.17) is 5.11 Å². The van der Waals surface area contributed by atoms with E-state index in [1.54, 1.807) is 11.8 Å². The zero-order chi connectivity index (χ0) is 14.8. The summed E-state index contributed by atoms with van der Waals surface area (Å²) in [5.41, 5.74) is 0. The number of thioether (sulfide) groups is 1. The van der Waals surface area contributed by atoms with Crippen LogP contribution in [0.2, 0.25) is 0 Å². The van der Waals surface area contributed by atoms with Crippen LogP contribution in [0.5, 0.6) is 0 Å². The second kappa shape index (κ2) is 6.22. The molecule has 0 aromatic carbocycles. The van der Waals surface area contributed by atoms with Gasteiger partial charge in [0, 0.05) is 24.3 Å². The molecule has 2 fully saturated rings. The van der Waals surface area contributed by atoms with Gasteiger partial charge in [-0.2, -0.15) is 11.8 Å². The van der Waals surface area contributed by atoms with Crippen molar-refractivity contribution in [2.24, 2.45) is 0 Å². The zero-order valence-electron chi connectivity index (χ0n) is 11.7. The van der Waals surface area contributed by atoms with E-state index in [2.05, 4.69) is 11.6 Å². The van der Waals surface area contributed by atoms with Gasteiger partial charge in [0.05, 0.1) is 6.10 Å². The number of aliphatic hydroxyl groups excluding tert-OH is 1. The number of rotatable bonds is 4. The number of aliphatic carboxylic acids is 1. The predicted octanol–water partition coefficient (Wildman–Crippen LogP) is 0.892. The number of amides is 2. The lowest BCUT2D eigenvalue weighted by Gasteiger charge is -2.29. The summed E-state index contributed by atoms with van der Waals surface area (Å²) in [5, 5.41) is 21.5. The maximum atomic E-state index is 12.2. The van der Waals surface area contributed by atoms with Gasteiger partial charge in [-0.3, -0.25) is 0 Å². The second-order valence-electron chi connectivity index (χ2n) is 5.65. The fourth-order valence-corrected chi connectivity index (χ4v) is 4.00. The van der Waals surface area contributed by atoms with Crippen molar-refractivity contribution >= 4 is 23.8 Å². The Hall–Kier alpha value is -0.950. The van der Waals surface area contributed by atoms with Crippen molar-refractivity contribution in [3.8, 4) is 0 Å². The number of urea groups is 1. The van der Waals surface area contributed by atoms with Gasteiger partial charge in [-0.25, -0.2) is 9.59 Å². The van der Waals surface area contributed by atoms with Crippen LogP contribution in [-0.2, 0) is 4.79 Å². The highest BCUT2D eigenvalue weighted by molar-refractivity contribution is 8.00. The molecule has 0 radical (unpaired) electrons. The van der Waals surface area contributed by atoms with Crippen molar-refractivity contribution < 1.29 is 19.8 Å². The van der Waals surface area contributed by atoms with Gasteiger partial charge in [0.25, 0.3) is 0 Å². The minimum Gasteiger partial charge on any atom is -0.480 e. The SMILES string of the molecule is CSC1(CNC(=O)N2CC(O)C[C@H]2C(=O)O)CCCC1. The Morgan fingerprint density at radius 1 is 1.40 bits per heavy atom. The van der Waals surface area contributed by atoms with Crippen molar-refractivity contribution in [3.63, 3.8) is 0 Å². The quantitative estimate of drug-likeness (QED) is 0.717. The van der Waals surface area contributed by atoms with Gasteiger partial charge in [-0.05, 0) is 19.1 Å². The van der Waals surface area contributed by atoms with Crippen molar-refractivity contribution in [3.05, 3.63) is 0 Å². The molecule has 1 aliphatic heterocycles. The molecule has 2 rings (SSSR count). The van der Waals surface area contributed by atoms with Crippen LogP contribution in [0, 0.1) is 0 Å². The normalized spacial score (nSPS) is 28.6. The highest BCUT2D eigenvalue weighted by Gasteiger charge is 2.40. The highest BCUT2D eigenvalue weighted by atomic mass is 32.2. The summed E-state index contributed by atoms with van der Waals surface area (Å²) in [6.07, 6.45) is 5.93. The third kappa shape index (κ3) is 3.20. The number of carbonyl (C=O) groups is 2. The lowest BCUT2D eigenvalue weighted by molar-refractivity contribution is -0.141. The number of carboxylic acids is 1. The molecule has 0 spiro atoms. The molecule has 0 aromatic rings. The number of carbonyl (C=O) groups excluding carboxylic acids is 1. The number of carboxylic acid groups (broad SMARTS) is 1. The van der Waals surface area contributed by atoms with Gasteiger partial charge in [0.1, 0.15) is 6.04 Å². The average Bonchev–Trinajstić information content (AvgIpc) is 3.03. The van der Waals surface area contributed by atoms with Gasteiger partial charge in [0.2, 0.25) is 0 Å². The number of hydrogen-bond acceptors (Lipinski definition) is 4. The van der Waals surface area contributed by atoms with Gasteiger partial charge < -0.3 is 20.4 Å². The van der Waals surface area contributed by atoms with Gasteiger partial charge in [0.15, 0.2) is 0 Å². The summed E-state index contributed by atoms with van der Waals surface area (Å²) >= 11 is 1.77. The largest absolute Gasteiger partial charge is 0.480 e. The van der Waals surface area contributed by atoms with Crippen LogP contribution in [0.15, 0.2) is 0 Å². The zero-order valence-corrected chi connectivity index (χ0v) is 12.5. The monoisotopic (exact) mass is 302 g/mol. The minimum atomic E-state index is -1.06. The molecule has 20 heavy (non-hydrogen) atoms. The molecular formula is C13H22N2O4S. The van der Waals surface area contributed by atoms with Crippen molar-refractivity contribution in [2.45, 2.75) is 49.0 Å². The van der Waals surface area contributed by atoms with Crippen molar-refractivity contribution in [1.82, 2.24) is 10.2 Å². The van der Waals surface area contributed by atoms with Crippen LogP contribution in [0.25, 0.3) is 0 Å². The summed E-state index contributed by atoms with van der Waals surface area (Å²) in [7, 11) is 0. The van der Waals surface area contributed by atoms with Gasteiger partial charge >= 0.3 is 12.0 Å². The maximum Gasteiger partial charge on any atom is 0.326 e. The van der Waals surface area contributed by atoms with E-state index < -0.39 is 18.1 Å². The molecular weight excluding hydrogens is 280 g/mol. The molecule has 1 saturated carbocycles.